The van der Waals surface area contributed by atoms with Gasteiger partial charge in [-0.2, -0.15) is 0 Å². The number of hydrogen-bond acceptors (Lipinski definition) is 4. The summed E-state index contributed by atoms with van der Waals surface area (Å²) in [4.78, 5) is 16.2. The van der Waals surface area contributed by atoms with Crippen LogP contribution >= 0.6 is 0 Å². The van der Waals surface area contributed by atoms with Gasteiger partial charge in [0.15, 0.2) is 23.4 Å². The maximum atomic E-state index is 12.2. The van der Waals surface area contributed by atoms with Crippen molar-refractivity contribution in [3.63, 3.8) is 0 Å². The SMILES string of the molecule is Cn1ccnc1C(=O)C1COc2ccccc2O1. The first-order valence-electron chi connectivity index (χ1n) is 5.66. The zero-order chi connectivity index (χ0) is 12.5. The average molecular weight is 244 g/mol. The summed E-state index contributed by atoms with van der Waals surface area (Å²) in [5.74, 6) is 1.47. The van der Waals surface area contributed by atoms with Gasteiger partial charge in [-0.3, -0.25) is 4.79 Å². The molecule has 0 amide bonds. The van der Waals surface area contributed by atoms with Gasteiger partial charge in [0, 0.05) is 19.4 Å². The standard InChI is InChI=1S/C13H12N2O3/c1-15-7-6-14-13(15)12(16)11-8-17-9-4-2-3-5-10(9)18-11/h2-7,11H,8H2,1H3. The average Bonchev–Trinajstić information content (AvgIpc) is 2.83. The Morgan fingerprint density at radius 1 is 1.39 bits per heavy atom. The molecule has 1 aromatic heterocycles. The van der Waals surface area contributed by atoms with Crippen LogP contribution in [0, 0.1) is 0 Å². The Balaban J connectivity index is 1.84. The lowest BCUT2D eigenvalue weighted by Crippen LogP contribution is -2.37. The van der Waals surface area contributed by atoms with Crippen LogP contribution in [0.1, 0.15) is 10.6 Å². The van der Waals surface area contributed by atoms with Crippen molar-refractivity contribution in [3.05, 3.63) is 42.5 Å². The number of carbonyl (C=O) groups excluding carboxylic acids is 1. The topological polar surface area (TPSA) is 53.4 Å². The quantitative estimate of drug-likeness (QED) is 0.750. The van der Waals surface area contributed by atoms with Gasteiger partial charge in [0.25, 0.3) is 0 Å². The van der Waals surface area contributed by atoms with E-state index < -0.39 is 6.10 Å². The van der Waals surface area contributed by atoms with E-state index in [1.165, 1.54) is 0 Å². The molecule has 1 aliphatic rings. The third kappa shape index (κ3) is 1.73. The van der Waals surface area contributed by atoms with Crippen LogP contribution in [0.15, 0.2) is 36.7 Å². The molecule has 0 fully saturated rings. The highest BCUT2D eigenvalue weighted by Crippen LogP contribution is 2.31. The van der Waals surface area contributed by atoms with Crippen molar-refractivity contribution in [2.45, 2.75) is 6.10 Å². The van der Waals surface area contributed by atoms with Gasteiger partial charge >= 0.3 is 0 Å². The van der Waals surface area contributed by atoms with E-state index in [0.29, 0.717) is 17.3 Å². The van der Waals surface area contributed by atoms with Gasteiger partial charge in [-0.15, -0.1) is 0 Å². The third-order valence-corrected chi connectivity index (χ3v) is 2.84. The van der Waals surface area contributed by atoms with E-state index in [-0.39, 0.29) is 12.4 Å². The van der Waals surface area contributed by atoms with Crippen molar-refractivity contribution in [2.75, 3.05) is 6.61 Å². The molecule has 0 radical (unpaired) electrons. The van der Waals surface area contributed by atoms with Crippen LogP contribution in [-0.4, -0.2) is 28.0 Å². The Kier molecular flexibility index (Phi) is 2.51. The lowest BCUT2D eigenvalue weighted by atomic mass is 10.2. The third-order valence-electron chi connectivity index (χ3n) is 2.84. The Labute approximate surface area is 104 Å². The van der Waals surface area contributed by atoms with Crippen molar-refractivity contribution < 1.29 is 14.3 Å². The summed E-state index contributed by atoms with van der Waals surface area (Å²) in [5.41, 5.74) is 0. The first kappa shape index (κ1) is 10.8. The molecule has 0 saturated carbocycles. The molecule has 2 aromatic rings. The Morgan fingerprint density at radius 3 is 2.89 bits per heavy atom. The van der Waals surface area contributed by atoms with E-state index in [1.807, 2.05) is 18.2 Å². The fraction of sp³-hybridized carbons (Fsp3) is 0.231. The molecule has 5 heteroatoms. The van der Waals surface area contributed by atoms with Gasteiger partial charge < -0.3 is 14.0 Å². The summed E-state index contributed by atoms with van der Waals surface area (Å²) in [6.07, 6.45) is 2.68. The predicted octanol–water partition coefficient (Wildman–Crippen LogP) is 1.44. The van der Waals surface area contributed by atoms with E-state index in [4.69, 9.17) is 9.47 Å². The van der Waals surface area contributed by atoms with Crippen LogP contribution in [0.25, 0.3) is 0 Å². The van der Waals surface area contributed by atoms with E-state index >= 15 is 0 Å². The van der Waals surface area contributed by atoms with Crippen molar-refractivity contribution in [1.29, 1.82) is 0 Å². The van der Waals surface area contributed by atoms with E-state index in [0.717, 1.165) is 0 Å². The highest BCUT2D eigenvalue weighted by molar-refractivity contribution is 5.97. The lowest BCUT2D eigenvalue weighted by molar-refractivity contribution is 0.0572. The molecule has 1 atom stereocenters. The lowest BCUT2D eigenvalue weighted by Gasteiger charge is -2.25. The first-order valence-corrected chi connectivity index (χ1v) is 5.66. The zero-order valence-electron chi connectivity index (χ0n) is 9.87. The first-order chi connectivity index (χ1) is 8.75. The number of para-hydroxylation sites is 2. The highest BCUT2D eigenvalue weighted by atomic mass is 16.6. The summed E-state index contributed by atoms with van der Waals surface area (Å²) in [6.45, 7) is 0.211. The van der Waals surface area contributed by atoms with Gasteiger partial charge in [-0.25, -0.2) is 4.98 Å². The summed E-state index contributed by atoms with van der Waals surface area (Å²) in [6, 6.07) is 7.31. The number of rotatable bonds is 2. The smallest absolute Gasteiger partial charge is 0.242 e. The molecular weight excluding hydrogens is 232 g/mol. The summed E-state index contributed by atoms with van der Waals surface area (Å²) in [5, 5.41) is 0. The molecule has 0 saturated heterocycles. The minimum Gasteiger partial charge on any atom is -0.485 e. The Morgan fingerprint density at radius 2 is 2.17 bits per heavy atom. The second-order valence-corrected chi connectivity index (χ2v) is 4.09. The largest absolute Gasteiger partial charge is 0.485 e. The van der Waals surface area contributed by atoms with Gasteiger partial charge in [-0.05, 0) is 12.1 Å². The van der Waals surface area contributed by atoms with E-state index in [1.54, 1.807) is 30.1 Å². The van der Waals surface area contributed by atoms with Gasteiger partial charge in [-0.1, -0.05) is 12.1 Å². The number of ether oxygens (including phenoxy) is 2. The van der Waals surface area contributed by atoms with Crippen molar-refractivity contribution in [1.82, 2.24) is 9.55 Å². The van der Waals surface area contributed by atoms with Crippen molar-refractivity contribution in [2.24, 2.45) is 7.05 Å². The molecule has 0 spiro atoms. The molecule has 0 N–H and O–H groups in total. The van der Waals surface area contributed by atoms with Crippen LogP contribution in [0.3, 0.4) is 0 Å². The number of imidazole rings is 1. The molecule has 5 nitrogen and oxygen atoms in total. The number of benzene rings is 1. The number of nitrogens with zero attached hydrogens (tertiary/aromatic N) is 2. The number of hydrogen-bond donors (Lipinski definition) is 0. The number of Topliss-reactive ketones (excluding diaryl/α,β-unsaturated/α-hetero) is 1. The number of ketones is 1. The number of fused-ring (bicyclic) bond motifs is 1. The summed E-state index contributed by atoms with van der Waals surface area (Å²) < 4.78 is 12.8. The maximum absolute atomic E-state index is 12.2. The minimum atomic E-state index is -0.638. The maximum Gasteiger partial charge on any atom is 0.242 e. The summed E-state index contributed by atoms with van der Waals surface area (Å²) in [7, 11) is 1.78. The van der Waals surface area contributed by atoms with Gasteiger partial charge in [0.1, 0.15) is 6.61 Å². The molecule has 1 aliphatic heterocycles. The van der Waals surface area contributed by atoms with Crippen LogP contribution in [0.5, 0.6) is 11.5 Å². The zero-order valence-corrected chi connectivity index (χ0v) is 9.87. The fourth-order valence-electron chi connectivity index (χ4n) is 1.90. The number of aromatic nitrogens is 2. The molecule has 1 aromatic carbocycles. The molecule has 1 unspecified atom stereocenters. The minimum absolute atomic E-state index is 0.169. The van der Waals surface area contributed by atoms with Crippen LogP contribution in [0.2, 0.25) is 0 Å². The highest BCUT2D eigenvalue weighted by Gasteiger charge is 2.30. The molecule has 0 aliphatic carbocycles. The molecule has 0 bridgehead atoms. The monoisotopic (exact) mass is 244 g/mol. The van der Waals surface area contributed by atoms with Crippen molar-refractivity contribution in [3.8, 4) is 11.5 Å². The van der Waals surface area contributed by atoms with Crippen molar-refractivity contribution >= 4 is 5.78 Å². The second kappa shape index (κ2) is 4.18. The predicted molar refractivity (Wildman–Crippen MR) is 63.9 cm³/mol. The van der Waals surface area contributed by atoms with E-state index in [9.17, 15) is 4.79 Å². The Hall–Kier alpha value is -2.30. The van der Waals surface area contributed by atoms with Gasteiger partial charge in [0.2, 0.25) is 5.78 Å². The summed E-state index contributed by atoms with van der Waals surface area (Å²) >= 11 is 0. The molecule has 18 heavy (non-hydrogen) atoms. The number of carbonyl (C=O) groups is 1. The van der Waals surface area contributed by atoms with Crippen LogP contribution < -0.4 is 9.47 Å². The van der Waals surface area contributed by atoms with E-state index in [2.05, 4.69) is 4.98 Å². The molecule has 3 rings (SSSR count). The molecule has 92 valence electrons. The van der Waals surface area contributed by atoms with Crippen LogP contribution in [0.4, 0.5) is 0 Å². The molecule has 2 heterocycles. The Bertz CT molecular complexity index is 591. The normalized spacial score (nSPS) is 17.5. The fourth-order valence-corrected chi connectivity index (χ4v) is 1.90. The second-order valence-electron chi connectivity index (χ2n) is 4.09. The van der Waals surface area contributed by atoms with Crippen LogP contribution in [-0.2, 0) is 7.05 Å². The molecular formula is C13H12N2O3. The van der Waals surface area contributed by atoms with Gasteiger partial charge in [0.05, 0.1) is 0 Å². The number of aryl methyl sites for hydroxylation is 1.